The number of quaternary nitrogens is 1. The van der Waals surface area contributed by atoms with Gasteiger partial charge < -0.3 is 5.11 Å². The highest BCUT2D eigenvalue weighted by Gasteiger charge is 2.07. The number of allylic oxidation sites excluding steroid dienone is 1. The van der Waals surface area contributed by atoms with Crippen LogP contribution in [0.4, 0.5) is 17.1 Å². The maximum Gasteiger partial charge on any atom is 0.189 e. The van der Waals surface area contributed by atoms with Crippen LogP contribution in [0.25, 0.3) is 0 Å². The first-order valence-corrected chi connectivity index (χ1v) is 6.92. The molecular weight excluding hydrogens is 296 g/mol. The van der Waals surface area contributed by atoms with Crippen LogP contribution in [0.3, 0.4) is 0 Å². The third kappa shape index (κ3) is 4.07. The second kappa shape index (κ2) is 7.95. The fraction of sp³-hybridized carbons (Fsp3) is 0.0625. The van der Waals surface area contributed by atoms with E-state index in [-0.39, 0.29) is 5.75 Å². The summed E-state index contributed by atoms with van der Waals surface area (Å²) in [4.78, 5) is 0. The lowest BCUT2D eigenvalue weighted by Gasteiger charge is -2.07. The lowest BCUT2D eigenvalue weighted by Crippen LogP contribution is -2.73. The highest BCUT2D eigenvalue weighted by Crippen LogP contribution is 2.23. The van der Waals surface area contributed by atoms with Crippen molar-refractivity contribution in [2.75, 3.05) is 10.9 Å². The van der Waals surface area contributed by atoms with E-state index in [1.165, 1.54) is 6.21 Å². The lowest BCUT2D eigenvalue weighted by molar-refractivity contribution is -0.825. The minimum Gasteiger partial charge on any atom is -0.507 e. The molecule has 120 valence electrons. The van der Waals surface area contributed by atoms with Crippen LogP contribution in [0.15, 0.2) is 54.2 Å². The summed E-state index contributed by atoms with van der Waals surface area (Å²) in [5.41, 5.74) is 8.46. The van der Waals surface area contributed by atoms with Gasteiger partial charge in [-0.15, -0.1) is 6.58 Å². The molecular formula is C16H19N4O3+. The Morgan fingerprint density at radius 1 is 1.26 bits per heavy atom. The maximum absolute atomic E-state index is 10.1. The van der Waals surface area contributed by atoms with Crippen molar-refractivity contribution in [3.8, 4) is 5.75 Å². The molecule has 0 saturated carbocycles. The molecule has 0 aromatic heterocycles. The Bertz CT molecular complexity index is 716. The number of nitrogens with one attached hydrogen (secondary N) is 2. The number of aromatic hydroxyl groups is 1. The summed E-state index contributed by atoms with van der Waals surface area (Å²) in [7, 11) is 0. The molecule has 7 heteroatoms. The average Bonchev–Trinajstić information content (AvgIpc) is 2.58. The van der Waals surface area contributed by atoms with Gasteiger partial charge in [0.2, 0.25) is 0 Å². The van der Waals surface area contributed by atoms with E-state index in [1.807, 2.05) is 17.6 Å². The number of benzene rings is 2. The van der Waals surface area contributed by atoms with Crippen LogP contribution in [-0.2, 0) is 6.42 Å². The minimum atomic E-state index is 0.159. The Balaban J connectivity index is 2.16. The monoisotopic (exact) mass is 315 g/mol. The molecule has 0 amide bonds. The molecule has 0 aliphatic carbocycles. The number of hydrazone groups is 1. The summed E-state index contributed by atoms with van der Waals surface area (Å²) in [6, 6.07) is 10.2. The van der Waals surface area contributed by atoms with Gasteiger partial charge in [0.15, 0.2) is 5.69 Å². The molecule has 0 spiro atoms. The molecule has 0 bridgehead atoms. The van der Waals surface area contributed by atoms with Crippen LogP contribution in [-0.4, -0.2) is 21.7 Å². The van der Waals surface area contributed by atoms with Gasteiger partial charge in [0.25, 0.3) is 0 Å². The van der Waals surface area contributed by atoms with Gasteiger partial charge in [0.05, 0.1) is 11.9 Å². The van der Waals surface area contributed by atoms with E-state index < -0.39 is 0 Å². The zero-order chi connectivity index (χ0) is 16.7. The number of para-hydroxylation sites is 1. The van der Waals surface area contributed by atoms with Crippen molar-refractivity contribution in [2.24, 2.45) is 5.10 Å². The summed E-state index contributed by atoms with van der Waals surface area (Å²) in [6.45, 7) is 3.65. The Labute approximate surface area is 133 Å². The zero-order valence-electron chi connectivity index (χ0n) is 12.4. The van der Waals surface area contributed by atoms with Crippen molar-refractivity contribution in [1.29, 1.82) is 0 Å². The smallest absolute Gasteiger partial charge is 0.189 e. The number of nitrogens with two attached hydrogens (primary N) is 1. The molecule has 0 aliphatic heterocycles. The third-order valence-corrected chi connectivity index (χ3v) is 3.22. The molecule has 0 heterocycles. The van der Waals surface area contributed by atoms with E-state index in [0.29, 0.717) is 29.0 Å². The number of nitrogens with zero attached hydrogens (tertiary/aromatic N) is 1. The average molecular weight is 315 g/mol. The number of hydrogen-bond acceptors (Lipinski definition) is 6. The second-order valence-corrected chi connectivity index (χ2v) is 4.76. The molecule has 2 aromatic carbocycles. The molecule has 7 N–H and O–H groups in total. The molecule has 7 nitrogen and oxygen atoms in total. The molecule has 2 rings (SSSR count). The fourth-order valence-electron chi connectivity index (χ4n) is 2.05. The fourth-order valence-corrected chi connectivity index (χ4v) is 2.05. The summed E-state index contributed by atoms with van der Waals surface area (Å²) in [6.07, 6.45) is 3.77. The van der Waals surface area contributed by atoms with Gasteiger partial charge in [-0.1, -0.05) is 18.2 Å². The maximum atomic E-state index is 10.1. The van der Waals surface area contributed by atoms with Crippen molar-refractivity contribution >= 4 is 23.3 Å². The number of hydrogen-bond donors (Lipinski definition) is 6. The summed E-state index contributed by atoms with van der Waals surface area (Å²) >= 11 is 0. The highest BCUT2D eigenvalue weighted by atomic mass is 16.5. The Kier molecular flexibility index (Phi) is 5.70. The number of rotatable bonds is 7. The van der Waals surface area contributed by atoms with Crippen LogP contribution in [0.2, 0.25) is 0 Å². The second-order valence-electron chi connectivity index (χ2n) is 4.76. The largest absolute Gasteiger partial charge is 0.507 e. The quantitative estimate of drug-likeness (QED) is 0.202. The minimum absolute atomic E-state index is 0.159. The SMILES string of the molecule is C=CCc1cccc(/C=N/Nc2ccc(NO)cc2[NH2+]O)c1O. The first kappa shape index (κ1) is 16.5. The van der Waals surface area contributed by atoms with Gasteiger partial charge in [-0.05, 0) is 30.2 Å². The van der Waals surface area contributed by atoms with Gasteiger partial charge >= 0.3 is 0 Å². The number of phenolic OH excluding ortho intramolecular Hbond substituents is 1. The molecule has 0 fully saturated rings. The molecule has 0 atom stereocenters. The molecule has 0 saturated heterocycles. The number of phenols is 1. The summed E-state index contributed by atoms with van der Waals surface area (Å²) in [5, 5.41) is 32.3. The molecule has 0 unspecified atom stereocenters. The van der Waals surface area contributed by atoms with E-state index in [1.54, 1.807) is 30.3 Å². The van der Waals surface area contributed by atoms with Crippen molar-refractivity contribution in [1.82, 2.24) is 0 Å². The first-order valence-electron chi connectivity index (χ1n) is 6.92. The van der Waals surface area contributed by atoms with E-state index in [2.05, 4.69) is 17.1 Å². The molecule has 2 aromatic rings. The van der Waals surface area contributed by atoms with E-state index in [0.717, 1.165) is 11.0 Å². The number of anilines is 2. The van der Waals surface area contributed by atoms with Gasteiger partial charge in [-0.2, -0.15) is 10.6 Å². The highest BCUT2D eigenvalue weighted by molar-refractivity contribution is 5.85. The zero-order valence-corrected chi connectivity index (χ0v) is 12.4. The van der Waals surface area contributed by atoms with Gasteiger partial charge in [0.1, 0.15) is 11.4 Å². The molecule has 23 heavy (non-hydrogen) atoms. The van der Waals surface area contributed by atoms with Crippen LogP contribution in [0, 0.1) is 0 Å². The Morgan fingerprint density at radius 2 is 2.09 bits per heavy atom. The van der Waals surface area contributed by atoms with Crippen LogP contribution in [0.5, 0.6) is 5.75 Å². The standard InChI is InChI=1S/C16H18N4O3/c1-2-4-11-5-3-6-12(16(11)21)10-17-18-14-8-7-13(19-22)9-15(14)20-23/h2-3,5-10,18-23H,1,4H2/p+1/b17-10+. The Hall–Kier alpha value is -2.87. The van der Waals surface area contributed by atoms with E-state index in [9.17, 15) is 10.3 Å². The van der Waals surface area contributed by atoms with Crippen molar-refractivity contribution in [3.63, 3.8) is 0 Å². The third-order valence-electron chi connectivity index (χ3n) is 3.22. The van der Waals surface area contributed by atoms with Gasteiger partial charge in [-0.3, -0.25) is 16.1 Å². The van der Waals surface area contributed by atoms with Crippen LogP contribution < -0.4 is 16.4 Å². The van der Waals surface area contributed by atoms with Crippen molar-refractivity contribution in [3.05, 3.63) is 60.2 Å². The van der Waals surface area contributed by atoms with Crippen LogP contribution in [0.1, 0.15) is 11.1 Å². The first-order chi connectivity index (χ1) is 11.2. The van der Waals surface area contributed by atoms with E-state index >= 15 is 0 Å². The summed E-state index contributed by atoms with van der Waals surface area (Å²) in [5.74, 6) is 0.159. The summed E-state index contributed by atoms with van der Waals surface area (Å²) < 4.78 is 0. The van der Waals surface area contributed by atoms with Crippen molar-refractivity contribution < 1.29 is 21.0 Å². The van der Waals surface area contributed by atoms with Gasteiger partial charge in [-0.25, -0.2) is 5.21 Å². The van der Waals surface area contributed by atoms with Gasteiger partial charge in [0, 0.05) is 11.6 Å². The van der Waals surface area contributed by atoms with Crippen molar-refractivity contribution in [2.45, 2.75) is 6.42 Å². The predicted octanol–water partition coefficient (Wildman–Crippen LogP) is 1.95. The van der Waals surface area contributed by atoms with E-state index in [4.69, 9.17) is 5.21 Å². The predicted molar refractivity (Wildman–Crippen MR) is 88.4 cm³/mol. The molecule has 0 radical (unpaired) electrons. The normalized spacial score (nSPS) is 10.7. The topological polar surface area (TPSA) is 114 Å². The molecule has 0 aliphatic rings. The lowest BCUT2D eigenvalue weighted by atomic mass is 10.1. The Morgan fingerprint density at radius 3 is 2.78 bits per heavy atom. The van der Waals surface area contributed by atoms with Crippen LogP contribution >= 0.6 is 0 Å².